The standard InChI is InChI=1S/C24H23N5O/c1-16-11-23(29-10-9-18(15-29)17-5-3-2-4-6-17)21-12-20(7-8-22(21)27-16)28-24(30)19-13-25-26-14-19/h2-8,11-14,18H,9-10,15H2,1H3,(H,25,26)(H,28,30). The van der Waals surface area contributed by atoms with Crippen LogP contribution in [-0.4, -0.2) is 34.2 Å². The molecule has 2 aromatic heterocycles. The molecule has 30 heavy (non-hydrogen) atoms. The zero-order valence-electron chi connectivity index (χ0n) is 16.8. The summed E-state index contributed by atoms with van der Waals surface area (Å²) in [7, 11) is 0. The van der Waals surface area contributed by atoms with Gasteiger partial charge in [0.25, 0.3) is 5.91 Å². The third-order valence-corrected chi connectivity index (χ3v) is 5.73. The summed E-state index contributed by atoms with van der Waals surface area (Å²) in [5.74, 6) is 0.341. The van der Waals surface area contributed by atoms with E-state index in [1.165, 1.54) is 17.4 Å². The topological polar surface area (TPSA) is 73.9 Å². The molecule has 1 aliphatic rings. The highest BCUT2D eigenvalue weighted by Crippen LogP contribution is 2.35. The van der Waals surface area contributed by atoms with E-state index < -0.39 is 0 Å². The van der Waals surface area contributed by atoms with Crippen LogP contribution in [0, 0.1) is 6.92 Å². The van der Waals surface area contributed by atoms with E-state index in [-0.39, 0.29) is 5.91 Å². The number of benzene rings is 2. The molecule has 4 aromatic rings. The maximum atomic E-state index is 12.4. The predicted octanol–water partition coefficient (Wildman–Crippen LogP) is 4.51. The Balaban J connectivity index is 1.46. The van der Waals surface area contributed by atoms with Crippen LogP contribution in [0.5, 0.6) is 0 Å². The number of nitrogens with one attached hydrogen (secondary N) is 2. The molecule has 6 nitrogen and oxygen atoms in total. The number of hydrogen-bond acceptors (Lipinski definition) is 4. The number of hydrogen-bond donors (Lipinski definition) is 2. The van der Waals surface area contributed by atoms with E-state index in [0.29, 0.717) is 11.5 Å². The first-order valence-corrected chi connectivity index (χ1v) is 10.2. The van der Waals surface area contributed by atoms with E-state index >= 15 is 0 Å². The lowest BCUT2D eigenvalue weighted by atomic mass is 9.99. The summed E-state index contributed by atoms with van der Waals surface area (Å²) in [5.41, 5.74) is 5.76. The molecule has 0 radical (unpaired) electrons. The SMILES string of the molecule is Cc1cc(N2CCC(c3ccccc3)C2)c2cc(NC(=O)c3cn[nH]c3)ccc2n1. The van der Waals surface area contributed by atoms with Crippen LogP contribution in [-0.2, 0) is 0 Å². The fraction of sp³-hybridized carbons (Fsp3) is 0.208. The van der Waals surface area contributed by atoms with E-state index in [0.717, 1.165) is 41.8 Å². The lowest BCUT2D eigenvalue weighted by Crippen LogP contribution is -2.20. The van der Waals surface area contributed by atoms with Gasteiger partial charge in [-0.25, -0.2) is 0 Å². The van der Waals surface area contributed by atoms with Gasteiger partial charge in [0.05, 0.1) is 17.3 Å². The number of nitrogens with zero attached hydrogens (tertiary/aromatic N) is 3. The van der Waals surface area contributed by atoms with Gasteiger partial charge in [0.15, 0.2) is 0 Å². The number of pyridine rings is 1. The largest absolute Gasteiger partial charge is 0.370 e. The van der Waals surface area contributed by atoms with Crippen LogP contribution in [0.2, 0.25) is 0 Å². The van der Waals surface area contributed by atoms with Crippen LogP contribution in [0.3, 0.4) is 0 Å². The first kappa shape index (κ1) is 18.4. The van der Waals surface area contributed by atoms with Gasteiger partial charge in [0.2, 0.25) is 0 Å². The minimum atomic E-state index is -0.185. The summed E-state index contributed by atoms with van der Waals surface area (Å²) in [5, 5.41) is 10.5. The number of amides is 1. The summed E-state index contributed by atoms with van der Waals surface area (Å²) in [6.45, 7) is 4.01. The molecule has 3 heterocycles. The summed E-state index contributed by atoms with van der Waals surface area (Å²) < 4.78 is 0. The highest BCUT2D eigenvalue weighted by Gasteiger charge is 2.25. The number of aromatic amines is 1. The Morgan fingerprint density at radius 2 is 2.03 bits per heavy atom. The lowest BCUT2D eigenvalue weighted by Gasteiger charge is -2.22. The van der Waals surface area contributed by atoms with Gasteiger partial charge < -0.3 is 10.2 Å². The van der Waals surface area contributed by atoms with Gasteiger partial charge in [0, 0.05) is 47.7 Å². The molecule has 0 spiro atoms. The minimum absolute atomic E-state index is 0.185. The Bertz CT molecular complexity index is 1190. The molecule has 2 aromatic carbocycles. The molecule has 1 amide bonds. The number of aromatic nitrogens is 3. The van der Waals surface area contributed by atoms with Crippen molar-refractivity contribution in [2.24, 2.45) is 0 Å². The Hall–Kier alpha value is -3.67. The molecule has 0 bridgehead atoms. The van der Waals surface area contributed by atoms with Crippen molar-refractivity contribution < 1.29 is 4.79 Å². The third kappa shape index (κ3) is 3.52. The van der Waals surface area contributed by atoms with Gasteiger partial charge >= 0.3 is 0 Å². The third-order valence-electron chi connectivity index (χ3n) is 5.73. The molecular weight excluding hydrogens is 374 g/mol. The van der Waals surface area contributed by atoms with Crippen LogP contribution in [0.25, 0.3) is 10.9 Å². The van der Waals surface area contributed by atoms with Gasteiger partial charge in [-0.3, -0.25) is 14.9 Å². The molecule has 1 aliphatic heterocycles. The first-order chi connectivity index (χ1) is 14.7. The Kier molecular flexibility index (Phi) is 4.67. The molecular formula is C24H23N5O. The second kappa shape index (κ2) is 7.63. The number of anilines is 2. The van der Waals surface area contributed by atoms with Crippen LogP contribution in [0.1, 0.15) is 34.0 Å². The fourth-order valence-corrected chi connectivity index (χ4v) is 4.23. The van der Waals surface area contributed by atoms with Gasteiger partial charge in [-0.05, 0) is 43.2 Å². The van der Waals surface area contributed by atoms with Crippen molar-refractivity contribution in [2.45, 2.75) is 19.3 Å². The van der Waals surface area contributed by atoms with Crippen molar-refractivity contribution in [1.82, 2.24) is 15.2 Å². The van der Waals surface area contributed by atoms with Crippen molar-refractivity contribution in [3.05, 3.63) is 83.8 Å². The van der Waals surface area contributed by atoms with Crippen molar-refractivity contribution in [1.29, 1.82) is 0 Å². The van der Waals surface area contributed by atoms with Crippen molar-refractivity contribution in [3.8, 4) is 0 Å². The molecule has 1 atom stereocenters. The second-order valence-electron chi connectivity index (χ2n) is 7.80. The number of carbonyl (C=O) groups excluding carboxylic acids is 1. The summed E-state index contributed by atoms with van der Waals surface area (Å²) in [6, 6.07) is 18.8. The molecule has 5 rings (SSSR count). The summed E-state index contributed by atoms with van der Waals surface area (Å²) in [6.07, 6.45) is 4.23. The predicted molar refractivity (Wildman–Crippen MR) is 119 cm³/mol. The lowest BCUT2D eigenvalue weighted by molar-refractivity contribution is 0.102. The maximum Gasteiger partial charge on any atom is 0.258 e. The molecule has 1 unspecified atom stereocenters. The van der Waals surface area contributed by atoms with Crippen molar-refractivity contribution in [2.75, 3.05) is 23.3 Å². The zero-order chi connectivity index (χ0) is 20.5. The highest BCUT2D eigenvalue weighted by atomic mass is 16.1. The van der Waals surface area contributed by atoms with E-state index in [4.69, 9.17) is 4.98 Å². The average molecular weight is 397 g/mol. The average Bonchev–Trinajstić information content (AvgIpc) is 3.46. The second-order valence-corrected chi connectivity index (χ2v) is 7.80. The van der Waals surface area contributed by atoms with E-state index in [1.54, 1.807) is 6.20 Å². The number of aryl methyl sites for hydroxylation is 1. The normalized spacial score (nSPS) is 16.2. The Labute approximate surface area is 174 Å². The first-order valence-electron chi connectivity index (χ1n) is 10.2. The van der Waals surface area contributed by atoms with Gasteiger partial charge in [-0.1, -0.05) is 30.3 Å². The Morgan fingerprint density at radius 3 is 2.83 bits per heavy atom. The molecule has 150 valence electrons. The van der Waals surface area contributed by atoms with Crippen molar-refractivity contribution >= 4 is 28.2 Å². The summed E-state index contributed by atoms with van der Waals surface area (Å²) >= 11 is 0. The van der Waals surface area contributed by atoms with Crippen LogP contribution >= 0.6 is 0 Å². The Morgan fingerprint density at radius 1 is 1.17 bits per heavy atom. The van der Waals surface area contributed by atoms with Gasteiger partial charge in [-0.15, -0.1) is 0 Å². The smallest absolute Gasteiger partial charge is 0.258 e. The van der Waals surface area contributed by atoms with Gasteiger partial charge in [-0.2, -0.15) is 5.10 Å². The highest BCUT2D eigenvalue weighted by molar-refractivity contribution is 6.05. The van der Waals surface area contributed by atoms with Crippen LogP contribution in [0.15, 0.2) is 67.0 Å². The maximum absolute atomic E-state index is 12.4. The van der Waals surface area contributed by atoms with E-state index in [9.17, 15) is 4.79 Å². The fourth-order valence-electron chi connectivity index (χ4n) is 4.23. The zero-order valence-corrected chi connectivity index (χ0v) is 16.8. The molecule has 1 fully saturated rings. The number of H-pyrrole nitrogens is 1. The molecule has 2 N–H and O–H groups in total. The number of fused-ring (bicyclic) bond motifs is 1. The molecule has 0 saturated carbocycles. The monoisotopic (exact) mass is 397 g/mol. The van der Waals surface area contributed by atoms with E-state index in [1.807, 2.05) is 25.1 Å². The quantitative estimate of drug-likeness (QED) is 0.531. The number of rotatable bonds is 4. The van der Waals surface area contributed by atoms with Crippen LogP contribution in [0.4, 0.5) is 11.4 Å². The molecule has 1 saturated heterocycles. The molecule has 0 aliphatic carbocycles. The minimum Gasteiger partial charge on any atom is -0.370 e. The molecule has 6 heteroatoms. The number of carbonyl (C=O) groups is 1. The van der Waals surface area contributed by atoms with E-state index in [2.05, 4.69) is 56.8 Å². The summed E-state index contributed by atoms with van der Waals surface area (Å²) in [4.78, 5) is 19.6. The van der Waals surface area contributed by atoms with Crippen LogP contribution < -0.4 is 10.2 Å². The van der Waals surface area contributed by atoms with Crippen molar-refractivity contribution in [3.63, 3.8) is 0 Å². The van der Waals surface area contributed by atoms with Gasteiger partial charge in [0.1, 0.15) is 0 Å².